The van der Waals surface area contributed by atoms with Crippen molar-refractivity contribution in [2.75, 3.05) is 6.54 Å². The van der Waals surface area contributed by atoms with Crippen LogP contribution in [-0.2, 0) is 11.2 Å². The first kappa shape index (κ1) is 18.6. The molecule has 0 aliphatic rings. The van der Waals surface area contributed by atoms with Gasteiger partial charge in [0.05, 0.1) is 24.5 Å². The Labute approximate surface area is 161 Å². The van der Waals surface area contributed by atoms with Gasteiger partial charge in [0, 0.05) is 29.7 Å². The molecule has 0 radical (unpaired) electrons. The van der Waals surface area contributed by atoms with Crippen molar-refractivity contribution < 1.29 is 18.0 Å². The van der Waals surface area contributed by atoms with E-state index in [2.05, 4.69) is 25.0 Å². The molecule has 11 heteroatoms. The molecule has 2 N–H and O–H groups in total. The zero-order valence-corrected chi connectivity index (χ0v) is 14.8. The molecule has 4 aromatic heterocycles. The van der Waals surface area contributed by atoms with E-state index in [9.17, 15) is 18.0 Å². The molecular weight excluding hydrogens is 387 g/mol. The standard InChI is InChI=1S/C18H14F3N7O/c19-18(20,21)9-24-15(29)5-11-1-2-14(23-6-11)28-8-12(7-27-28)13-3-4-22-17-16(13)25-10-26-17/h1-4,6-8,10H,5,9H2,(H,24,29)(H,22,25,26). The van der Waals surface area contributed by atoms with Gasteiger partial charge in [-0.15, -0.1) is 0 Å². The number of aromatic nitrogens is 6. The second-order valence-corrected chi connectivity index (χ2v) is 6.23. The number of aromatic amines is 1. The fraction of sp³-hybridized carbons (Fsp3) is 0.167. The van der Waals surface area contributed by atoms with Gasteiger partial charge in [-0.05, 0) is 17.7 Å². The number of fused-ring (bicyclic) bond motifs is 1. The average Bonchev–Trinajstić information content (AvgIpc) is 3.36. The summed E-state index contributed by atoms with van der Waals surface area (Å²) in [6.45, 7) is -1.36. The van der Waals surface area contributed by atoms with Gasteiger partial charge >= 0.3 is 6.18 Å². The van der Waals surface area contributed by atoms with Gasteiger partial charge in [-0.3, -0.25) is 4.79 Å². The molecule has 0 atom stereocenters. The lowest BCUT2D eigenvalue weighted by Crippen LogP contribution is -2.34. The van der Waals surface area contributed by atoms with Gasteiger partial charge in [0.2, 0.25) is 5.91 Å². The summed E-state index contributed by atoms with van der Waals surface area (Å²) in [6.07, 6.45) is 3.49. The summed E-state index contributed by atoms with van der Waals surface area (Å²) in [5, 5.41) is 6.13. The molecule has 0 saturated carbocycles. The first-order valence-electron chi connectivity index (χ1n) is 8.51. The Morgan fingerprint density at radius 2 is 2.00 bits per heavy atom. The summed E-state index contributed by atoms with van der Waals surface area (Å²) in [6, 6.07) is 5.11. The second kappa shape index (κ2) is 7.34. The SMILES string of the molecule is O=C(Cc1ccc(-n2cc(-c3ccnc4nc[nH]c34)cn2)nc1)NCC(F)(F)F. The number of pyridine rings is 2. The van der Waals surface area contributed by atoms with E-state index < -0.39 is 18.6 Å². The first-order chi connectivity index (χ1) is 13.9. The second-order valence-electron chi connectivity index (χ2n) is 6.23. The number of rotatable bonds is 5. The maximum absolute atomic E-state index is 12.1. The summed E-state index contributed by atoms with van der Waals surface area (Å²) in [5.41, 5.74) is 3.60. The van der Waals surface area contributed by atoms with Crippen molar-refractivity contribution in [2.24, 2.45) is 0 Å². The quantitative estimate of drug-likeness (QED) is 0.535. The predicted molar refractivity (Wildman–Crippen MR) is 97.0 cm³/mol. The monoisotopic (exact) mass is 401 g/mol. The van der Waals surface area contributed by atoms with Gasteiger partial charge < -0.3 is 10.3 Å². The molecule has 0 fully saturated rings. The fourth-order valence-corrected chi connectivity index (χ4v) is 2.78. The molecule has 0 bridgehead atoms. The maximum atomic E-state index is 12.1. The smallest absolute Gasteiger partial charge is 0.347 e. The molecule has 0 aliphatic heterocycles. The van der Waals surface area contributed by atoms with E-state index in [0.717, 1.165) is 16.6 Å². The van der Waals surface area contributed by atoms with E-state index in [4.69, 9.17) is 0 Å². The summed E-state index contributed by atoms with van der Waals surface area (Å²) < 4.78 is 38.0. The van der Waals surface area contributed by atoms with Crippen molar-refractivity contribution in [3.05, 3.63) is 54.9 Å². The van der Waals surface area contributed by atoms with Crippen LogP contribution in [0.1, 0.15) is 5.56 Å². The van der Waals surface area contributed by atoms with Gasteiger partial charge in [-0.25, -0.2) is 19.6 Å². The van der Waals surface area contributed by atoms with Crippen LogP contribution in [0.5, 0.6) is 0 Å². The molecule has 29 heavy (non-hydrogen) atoms. The van der Waals surface area contributed by atoms with Crippen LogP contribution in [0.15, 0.2) is 49.3 Å². The minimum atomic E-state index is -4.44. The topological polar surface area (TPSA) is 101 Å². The molecule has 0 unspecified atom stereocenters. The number of hydrogen-bond acceptors (Lipinski definition) is 5. The maximum Gasteiger partial charge on any atom is 0.405 e. The van der Waals surface area contributed by atoms with Crippen LogP contribution in [0.25, 0.3) is 28.1 Å². The van der Waals surface area contributed by atoms with Crippen LogP contribution in [0.2, 0.25) is 0 Å². The van der Waals surface area contributed by atoms with Crippen molar-refractivity contribution in [3.63, 3.8) is 0 Å². The van der Waals surface area contributed by atoms with Crippen molar-refractivity contribution in [1.29, 1.82) is 0 Å². The van der Waals surface area contributed by atoms with E-state index in [1.54, 1.807) is 41.7 Å². The van der Waals surface area contributed by atoms with Crippen molar-refractivity contribution in [3.8, 4) is 16.9 Å². The Bertz CT molecular complexity index is 1150. The highest BCUT2D eigenvalue weighted by atomic mass is 19.4. The van der Waals surface area contributed by atoms with Gasteiger partial charge in [-0.2, -0.15) is 18.3 Å². The van der Waals surface area contributed by atoms with Crippen LogP contribution in [0, 0.1) is 0 Å². The Morgan fingerprint density at radius 1 is 1.14 bits per heavy atom. The molecule has 148 valence electrons. The third-order valence-corrected chi connectivity index (χ3v) is 4.11. The number of imidazole rings is 1. The number of carbonyl (C=O) groups is 1. The lowest BCUT2D eigenvalue weighted by molar-refractivity contribution is -0.138. The first-order valence-corrected chi connectivity index (χ1v) is 8.51. The van der Waals surface area contributed by atoms with Crippen molar-refractivity contribution in [1.82, 2.24) is 35.0 Å². The summed E-state index contributed by atoms with van der Waals surface area (Å²) >= 11 is 0. The van der Waals surface area contributed by atoms with Crippen LogP contribution < -0.4 is 5.32 Å². The van der Waals surface area contributed by atoms with Gasteiger partial charge in [0.25, 0.3) is 0 Å². The van der Waals surface area contributed by atoms with Crippen LogP contribution >= 0.6 is 0 Å². The molecule has 0 saturated heterocycles. The summed E-state index contributed by atoms with van der Waals surface area (Å²) in [5.74, 6) is -0.217. The molecule has 1 amide bonds. The molecule has 0 aromatic carbocycles. The van der Waals surface area contributed by atoms with Crippen molar-refractivity contribution in [2.45, 2.75) is 12.6 Å². The average molecular weight is 401 g/mol. The van der Waals surface area contributed by atoms with Crippen LogP contribution in [0.3, 0.4) is 0 Å². The number of nitrogens with zero attached hydrogens (tertiary/aromatic N) is 5. The van der Waals surface area contributed by atoms with Crippen LogP contribution in [0.4, 0.5) is 13.2 Å². The largest absolute Gasteiger partial charge is 0.405 e. The zero-order valence-electron chi connectivity index (χ0n) is 14.8. The summed E-state index contributed by atoms with van der Waals surface area (Å²) in [4.78, 5) is 27.2. The normalized spacial score (nSPS) is 11.7. The fourth-order valence-electron chi connectivity index (χ4n) is 2.78. The van der Waals surface area contributed by atoms with E-state index >= 15 is 0 Å². The number of H-pyrrole nitrogens is 1. The lowest BCUT2D eigenvalue weighted by Gasteiger charge is -2.08. The van der Waals surface area contributed by atoms with Gasteiger partial charge in [0.1, 0.15) is 6.54 Å². The highest BCUT2D eigenvalue weighted by Gasteiger charge is 2.27. The predicted octanol–water partition coefficient (Wildman–Crippen LogP) is 2.43. The Kier molecular flexibility index (Phi) is 4.71. The highest BCUT2D eigenvalue weighted by Crippen LogP contribution is 2.25. The molecule has 4 aromatic rings. The lowest BCUT2D eigenvalue weighted by atomic mass is 10.1. The molecule has 4 heterocycles. The molecule has 4 rings (SSSR count). The van der Waals surface area contributed by atoms with Crippen molar-refractivity contribution >= 4 is 17.1 Å². The Balaban J connectivity index is 1.48. The minimum Gasteiger partial charge on any atom is -0.347 e. The van der Waals surface area contributed by atoms with E-state index in [-0.39, 0.29) is 6.42 Å². The summed E-state index contributed by atoms with van der Waals surface area (Å²) in [7, 11) is 0. The number of nitrogens with one attached hydrogen (secondary N) is 2. The third-order valence-electron chi connectivity index (χ3n) is 4.11. The van der Waals surface area contributed by atoms with Gasteiger partial charge in [-0.1, -0.05) is 6.07 Å². The number of carbonyl (C=O) groups excluding carboxylic acids is 1. The zero-order chi connectivity index (χ0) is 20.4. The molecule has 0 aliphatic carbocycles. The highest BCUT2D eigenvalue weighted by molar-refractivity contribution is 5.88. The van der Waals surface area contributed by atoms with E-state index in [1.165, 1.54) is 6.20 Å². The third kappa shape index (κ3) is 4.23. The Morgan fingerprint density at radius 3 is 2.76 bits per heavy atom. The number of halogens is 3. The van der Waals surface area contributed by atoms with Gasteiger partial charge in [0.15, 0.2) is 11.5 Å². The van der Waals surface area contributed by atoms with E-state index in [1.807, 2.05) is 11.4 Å². The number of hydrogen-bond donors (Lipinski definition) is 2. The minimum absolute atomic E-state index is 0.192. The molecule has 0 spiro atoms. The van der Waals surface area contributed by atoms with Crippen LogP contribution in [-0.4, -0.2) is 48.3 Å². The Hall–Kier alpha value is -3.76. The van der Waals surface area contributed by atoms with E-state index in [0.29, 0.717) is 17.0 Å². The number of alkyl halides is 3. The molecule has 8 nitrogen and oxygen atoms in total. The number of amides is 1. The molecular formula is C18H14F3N7O.